The van der Waals surface area contributed by atoms with Gasteiger partial charge in [0.1, 0.15) is 0 Å². The molecule has 176 valence electrons. The molecule has 0 radical (unpaired) electrons. The Kier molecular flexibility index (Phi) is 6.04. The molecular formula is C31H32N4. The highest BCUT2D eigenvalue weighted by Gasteiger charge is 2.12. The average Bonchev–Trinajstić information content (AvgIpc) is 3.20. The molecule has 0 saturated heterocycles. The van der Waals surface area contributed by atoms with Gasteiger partial charge >= 0.3 is 0 Å². The monoisotopic (exact) mass is 460 g/mol. The maximum atomic E-state index is 5.22. The van der Waals surface area contributed by atoms with Crippen molar-refractivity contribution in [3.8, 4) is 0 Å². The van der Waals surface area contributed by atoms with Crippen molar-refractivity contribution >= 4 is 44.6 Å². The van der Waals surface area contributed by atoms with Crippen LogP contribution >= 0.6 is 0 Å². The molecule has 1 heterocycles. The van der Waals surface area contributed by atoms with Crippen molar-refractivity contribution in [1.29, 1.82) is 0 Å². The fourth-order valence-electron chi connectivity index (χ4n) is 4.71. The fourth-order valence-corrected chi connectivity index (χ4v) is 4.71. The lowest BCUT2D eigenvalue weighted by Gasteiger charge is -2.15. The number of para-hydroxylation sites is 1. The Morgan fingerprint density at radius 3 is 1.74 bits per heavy atom. The van der Waals surface area contributed by atoms with E-state index in [0.29, 0.717) is 0 Å². The van der Waals surface area contributed by atoms with Gasteiger partial charge in [0.15, 0.2) is 0 Å². The van der Waals surface area contributed by atoms with Gasteiger partial charge in [0.05, 0.1) is 11.4 Å². The summed E-state index contributed by atoms with van der Waals surface area (Å²) in [5.41, 5.74) is 8.99. The molecule has 35 heavy (non-hydrogen) atoms. The average molecular weight is 461 g/mol. The Labute approximate surface area is 207 Å². The maximum Gasteiger partial charge on any atom is 0.0781 e. The Morgan fingerprint density at radius 1 is 0.657 bits per heavy atom. The van der Waals surface area contributed by atoms with Gasteiger partial charge in [-0.2, -0.15) is 0 Å². The molecule has 0 unspecified atom stereocenters. The van der Waals surface area contributed by atoms with Crippen LogP contribution in [-0.2, 0) is 6.54 Å². The van der Waals surface area contributed by atoms with E-state index < -0.39 is 0 Å². The van der Waals surface area contributed by atoms with Crippen LogP contribution < -0.4 is 9.80 Å². The summed E-state index contributed by atoms with van der Waals surface area (Å²) >= 11 is 0. The van der Waals surface area contributed by atoms with Crippen molar-refractivity contribution in [2.45, 2.75) is 13.5 Å². The van der Waals surface area contributed by atoms with Gasteiger partial charge in [-0.3, -0.25) is 0 Å². The first kappa shape index (κ1) is 22.7. The predicted octanol–water partition coefficient (Wildman–Crippen LogP) is 7.12. The zero-order valence-electron chi connectivity index (χ0n) is 21.2. The highest BCUT2D eigenvalue weighted by molar-refractivity contribution is 6.15. The zero-order chi connectivity index (χ0) is 24.5. The van der Waals surface area contributed by atoms with Crippen molar-refractivity contribution in [3.63, 3.8) is 0 Å². The molecule has 0 spiro atoms. The molecule has 0 amide bonds. The van der Waals surface area contributed by atoms with Gasteiger partial charge in [-0.05, 0) is 55.5 Å². The molecule has 0 aliphatic carbocycles. The molecule has 0 N–H and O–H groups in total. The van der Waals surface area contributed by atoms with Gasteiger partial charge in [-0.1, -0.05) is 42.5 Å². The number of aromatic nitrogens is 1. The topological polar surface area (TPSA) is 23.8 Å². The smallest absolute Gasteiger partial charge is 0.0781 e. The highest BCUT2D eigenvalue weighted by atomic mass is 15.1. The van der Waals surface area contributed by atoms with Crippen LogP contribution in [0.4, 0.5) is 17.1 Å². The lowest BCUT2D eigenvalue weighted by molar-refractivity contribution is 0.827. The summed E-state index contributed by atoms with van der Waals surface area (Å²) < 4.78 is 2.37. The molecule has 0 aliphatic rings. The molecule has 4 nitrogen and oxygen atoms in total. The number of fused-ring (bicyclic) bond motifs is 3. The van der Waals surface area contributed by atoms with Gasteiger partial charge < -0.3 is 14.4 Å². The standard InChI is InChI=1S/C31H32N4/c1-6-35-29-10-8-7-9-27(29)28-21-24(15-20-30(28)35)32-31(22-11-16-25(17-12-22)33(2)3)23-13-18-26(19-14-23)34(4)5/h7-21H,6H2,1-5H3. The minimum absolute atomic E-state index is 0.939. The number of nitrogens with zero attached hydrogens (tertiary/aromatic N) is 4. The number of aliphatic imine (C=N–C) groups is 1. The minimum atomic E-state index is 0.939. The molecule has 0 fully saturated rings. The molecule has 0 bridgehead atoms. The number of hydrogen-bond acceptors (Lipinski definition) is 3. The zero-order valence-corrected chi connectivity index (χ0v) is 21.2. The third-order valence-corrected chi connectivity index (χ3v) is 6.63. The molecule has 4 heteroatoms. The van der Waals surface area contributed by atoms with Crippen molar-refractivity contribution < 1.29 is 0 Å². The van der Waals surface area contributed by atoms with Crippen LogP contribution in [0.2, 0.25) is 0 Å². The van der Waals surface area contributed by atoms with Crippen molar-refractivity contribution in [2.75, 3.05) is 38.0 Å². The second-order valence-corrected chi connectivity index (χ2v) is 9.31. The van der Waals surface area contributed by atoms with E-state index in [1.54, 1.807) is 0 Å². The Hall–Kier alpha value is -4.05. The summed E-state index contributed by atoms with van der Waals surface area (Å²) in [4.78, 5) is 9.45. The van der Waals surface area contributed by atoms with E-state index in [2.05, 4.69) is 140 Å². The summed E-state index contributed by atoms with van der Waals surface area (Å²) in [7, 11) is 8.25. The van der Waals surface area contributed by atoms with E-state index in [9.17, 15) is 0 Å². The predicted molar refractivity (Wildman–Crippen MR) is 152 cm³/mol. The van der Waals surface area contributed by atoms with Gasteiger partial charge in [-0.15, -0.1) is 0 Å². The molecule has 5 rings (SSSR count). The molecule has 0 atom stereocenters. The SMILES string of the molecule is CCn1c2ccccc2c2cc(N=C(c3ccc(N(C)C)cc3)c3ccc(N(C)C)cc3)ccc21. The van der Waals surface area contributed by atoms with E-state index in [-0.39, 0.29) is 0 Å². The van der Waals surface area contributed by atoms with E-state index in [0.717, 1.165) is 29.1 Å². The number of rotatable bonds is 6. The number of aryl methyl sites for hydroxylation is 1. The van der Waals surface area contributed by atoms with Gasteiger partial charge in [-0.25, -0.2) is 4.99 Å². The molecule has 1 aromatic heterocycles. The van der Waals surface area contributed by atoms with Crippen LogP contribution in [-0.4, -0.2) is 38.5 Å². The third-order valence-electron chi connectivity index (χ3n) is 6.63. The lowest BCUT2D eigenvalue weighted by Crippen LogP contribution is -2.10. The van der Waals surface area contributed by atoms with Crippen molar-refractivity contribution in [3.05, 3.63) is 102 Å². The molecule has 5 aromatic rings. The first-order chi connectivity index (χ1) is 17.0. The molecule has 0 aliphatic heterocycles. The Balaban J connectivity index is 1.67. The van der Waals surface area contributed by atoms with Crippen LogP contribution in [0.15, 0.2) is 96.0 Å². The first-order valence-electron chi connectivity index (χ1n) is 12.1. The van der Waals surface area contributed by atoms with Crippen LogP contribution in [0.5, 0.6) is 0 Å². The van der Waals surface area contributed by atoms with E-state index in [1.165, 1.54) is 33.2 Å². The van der Waals surface area contributed by atoms with Gasteiger partial charge in [0.25, 0.3) is 0 Å². The highest BCUT2D eigenvalue weighted by Crippen LogP contribution is 2.32. The number of hydrogen-bond donors (Lipinski definition) is 0. The second-order valence-electron chi connectivity index (χ2n) is 9.31. The largest absolute Gasteiger partial charge is 0.378 e. The minimum Gasteiger partial charge on any atom is -0.378 e. The number of anilines is 2. The summed E-state index contributed by atoms with van der Waals surface area (Å²) in [6.45, 7) is 3.14. The van der Waals surface area contributed by atoms with Crippen LogP contribution in [0, 0.1) is 0 Å². The summed E-state index contributed by atoms with van der Waals surface area (Å²) in [6, 6.07) is 32.4. The Bertz CT molecular complexity index is 1450. The van der Waals surface area contributed by atoms with E-state index >= 15 is 0 Å². The summed E-state index contributed by atoms with van der Waals surface area (Å²) in [5, 5.41) is 2.52. The second kappa shape index (κ2) is 9.30. The maximum absolute atomic E-state index is 5.22. The third kappa shape index (κ3) is 4.28. The van der Waals surface area contributed by atoms with Crippen LogP contribution in [0.25, 0.3) is 21.8 Å². The van der Waals surface area contributed by atoms with Crippen LogP contribution in [0.3, 0.4) is 0 Å². The van der Waals surface area contributed by atoms with Crippen molar-refractivity contribution in [1.82, 2.24) is 4.57 Å². The normalized spacial score (nSPS) is 11.1. The van der Waals surface area contributed by atoms with E-state index in [1.807, 2.05) is 0 Å². The van der Waals surface area contributed by atoms with E-state index in [4.69, 9.17) is 4.99 Å². The molecular weight excluding hydrogens is 428 g/mol. The van der Waals surface area contributed by atoms with Crippen molar-refractivity contribution in [2.24, 2.45) is 4.99 Å². The van der Waals surface area contributed by atoms with Gasteiger partial charge in [0, 0.05) is 79.0 Å². The lowest BCUT2D eigenvalue weighted by atomic mass is 10.0. The molecule has 4 aromatic carbocycles. The summed E-state index contributed by atoms with van der Waals surface area (Å²) in [5.74, 6) is 0. The van der Waals surface area contributed by atoms with Gasteiger partial charge in [0.2, 0.25) is 0 Å². The van der Waals surface area contributed by atoms with Crippen LogP contribution in [0.1, 0.15) is 18.1 Å². The summed E-state index contributed by atoms with van der Waals surface area (Å²) in [6.07, 6.45) is 0. The first-order valence-corrected chi connectivity index (χ1v) is 12.1. The molecule has 0 saturated carbocycles. The Morgan fingerprint density at radius 2 is 1.20 bits per heavy atom. The quantitative estimate of drug-likeness (QED) is 0.252. The fraction of sp³-hybridized carbons (Fsp3) is 0.194. The number of benzene rings is 4.